The highest BCUT2D eigenvalue weighted by Gasteiger charge is 2.51. The van der Waals surface area contributed by atoms with Crippen LogP contribution in [0.4, 0.5) is 0 Å². The van der Waals surface area contributed by atoms with E-state index in [-0.39, 0.29) is 23.8 Å². The third-order valence-corrected chi connectivity index (χ3v) is 4.22. The van der Waals surface area contributed by atoms with Crippen LogP contribution in [-0.4, -0.2) is 41.0 Å². The molecule has 0 aromatic rings. The average Bonchev–Trinajstić information content (AvgIpc) is 2.55. The lowest BCUT2D eigenvalue weighted by Crippen LogP contribution is -2.40. The van der Waals surface area contributed by atoms with E-state index in [9.17, 15) is 9.90 Å². The third-order valence-electron chi connectivity index (χ3n) is 4.03. The normalized spacial score (nSPS) is 30.3. The average molecular weight is 232 g/mol. The van der Waals surface area contributed by atoms with E-state index >= 15 is 0 Å². The molecule has 1 amide bonds. The molecule has 2 fully saturated rings. The molecule has 0 aromatic heterocycles. The number of aliphatic hydroxyl groups is 1. The molecule has 1 heterocycles. The van der Waals surface area contributed by atoms with Gasteiger partial charge in [-0.05, 0) is 25.2 Å². The summed E-state index contributed by atoms with van der Waals surface area (Å²) < 4.78 is 0. The van der Waals surface area contributed by atoms with E-state index in [2.05, 4.69) is 0 Å². The zero-order valence-electron chi connectivity index (χ0n) is 9.08. The summed E-state index contributed by atoms with van der Waals surface area (Å²) in [6.45, 7) is 3.39. The maximum Gasteiger partial charge on any atom is 0.240 e. The van der Waals surface area contributed by atoms with Crippen molar-refractivity contribution in [2.75, 3.05) is 19.7 Å². The summed E-state index contributed by atoms with van der Waals surface area (Å²) in [6.07, 6.45) is 3.53. The van der Waals surface area contributed by atoms with Crippen LogP contribution in [-0.2, 0) is 4.79 Å². The second-order valence-corrected chi connectivity index (χ2v) is 5.58. The summed E-state index contributed by atoms with van der Waals surface area (Å²) >= 11 is 5.80. The predicted octanol–water partition coefficient (Wildman–Crippen LogP) is 1.23. The number of likely N-dealkylation sites (tertiary alicyclic amines) is 1. The molecule has 2 rings (SSSR count). The Bertz CT molecular complexity index is 263. The van der Waals surface area contributed by atoms with Gasteiger partial charge < -0.3 is 10.0 Å². The van der Waals surface area contributed by atoms with Crippen molar-refractivity contribution in [2.24, 2.45) is 11.3 Å². The lowest BCUT2D eigenvalue weighted by atomic mass is 9.63. The summed E-state index contributed by atoms with van der Waals surface area (Å²) in [5.74, 6) is 0.282. The Kier molecular flexibility index (Phi) is 2.95. The van der Waals surface area contributed by atoms with Crippen LogP contribution in [0.25, 0.3) is 0 Å². The van der Waals surface area contributed by atoms with Gasteiger partial charge >= 0.3 is 0 Å². The number of hydrogen-bond donors (Lipinski definition) is 1. The minimum Gasteiger partial charge on any atom is -0.396 e. The molecule has 1 spiro atoms. The molecule has 86 valence electrons. The molecule has 15 heavy (non-hydrogen) atoms. The zero-order chi connectivity index (χ0) is 11.1. The van der Waals surface area contributed by atoms with E-state index in [0.717, 1.165) is 19.4 Å². The molecule has 0 bridgehead atoms. The lowest BCUT2D eigenvalue weighted by molar-refractivity contribution is -0.130. The largest absolute Gasteiger partial charge is 0.396 e. The number of halogens is 1. The van der Waals surface area contributed by atoms with Gasteiger partial charge in [0.15, 0.2) is 0 Å². The maximum atomic E-state index is 11.7. The Morgan fingerprint density at radius 2 is 2.33 bits per heavy atom. The Labute approximate surface area is 95.4 Å². The van der Waals surface area contributed by atoms with E-state index in [4.69, 9.17) is 11.6 Å². The van der Waals surface area contributed by atoms with Crippen LogP contribution in [0.5, 0.6) is 0 Å². The first-order chi connectivity index (χ1) is 7.09. The van der Waals surface area contributed by atoms with Crippen molar-refractivity contribution in [3.05, 3.63) is 0 Å². The topological polar surface area (TPSA) is 40.5 Å². The smallest absolute Gasteiger partial charge is 0.240 e. The summed E-state index contributed by atoms with van der Waals surface area (Å²) in [5, 5.41) is 8.89. The highest BCUT2D eigenvalue weighted by Crippen LogP contribution is 2.51. The summed E-state index contributed by atoms with van der Waals surface area (Å²) in [6, 6.07) is 0. The van der Waals surface area contributed by atoms with E-state index in [1.807, 2.05) is 4.90 Å². The minimum absolute atomic E-state index is 0.0129. The molecule has 4 heteroatoms. The molecule has 1 saturated heterocycles. The fourth-order valence-corrected chi connectivity index (χ4v) is 3.04. The van der Waals surface area contributed by atoms with Gasteiger partial charge in [0, 0.05) is 25.6 Å². The monoisotopic (exact) mass is 231 g/mol. The molecule has 3 nitrogen and oxygen atoms in total. The van der Waals surface area contributed by atoms with Crippen LogP contribution in [0.1, 0.15) is 26.2 Å². The molecule has 0 unspecified atom stereocenters. The fourth-order valence-electron chi connectivity index (χ4n) is 2.90. The van der Waals surface area contributed by atoms with E-state index < -0.39 is 5.38 Å². The van der Waals surface area contributed by atoms with Crippen molar-refractivity contribution in [3.8, 4) is 0 Å². The highest BCUT2D eigenvalue weighted by molar-refractivity contribution is 6.30. The first-order valence-corrected chi connectivity index (χ1v) is 6.06. The van der Waals surface area contributed by atoms with Gasteiger partial charge in [-0.15, -0.1) is 11.6 Å². The highest BCUT2D eigenvalue weighted by atomic mass is 35.5. The second kappa shape index (κ2) is 3.95. The van der Waals surface area contributed by atoms with Crippen molar-refractivity contribution in [1.82, 2.24) is 4.90 Å². The maximum absolute atomic E-state index is 11.7. The van der Waals surface area contributed by atoms with Gasteiger partial charge in [0.25, 0.3) is 0 Å². The first-order valence-electron chi connectivity index (χ1n) is 5.63. The zero-order valence-corrected chi connectivity index (χ0v) is 9.83. The number of amides is 1. The van der Waals surface area contributed by atoms with Crippen LogP contribution in [0.3, 0.4) is 0 Å². The molecule has 1 aliphatic heterocycles. The van der Waals surface area contributed by atoms with Crippen LogP contribution >= 0.6 is 11.6 Å². The van der Waals surface area contributed by atoms with Gasteiger partial charge in [-0.2, -0.15) is 0 Å². The Morgan fingerprint density at radius 3 is 2.67 bits per heavy atom. The fraction of sp³-hybridized carbons (Fsp3) is 0.909. The van der Waals surface area contributed by atoms with Crippen LogP contribution in [0.15, 0.2) is 0 Å². The second-order valence-electron chi connectivity index (χ2n) is 4.93. The quantitative estimate of drug-likeness (QED) is 0.727. The minimum atomic E-state index is -0.445. The van der Waals surface area contributed by atoms with Gasteiger partial charge in [-0.3, -0.25) is 4.79 Å². The molecule has 2 atom stereocenters. The molecule has 0 radical (unpaired) electrons. The first kappa shape index (κ1) is 11.2. The molecule has 2 aliphatic rings. The summed E-state index contributed by atoms with van der Waals surface area (Å²) in [4.78, 5) is 13.6. The number of hydrogen-bond acceptors (Lipinski definition) is 2. The van der Waals surface area contributed by atoms with Gasteiger partial charge in [0.05, 0.1) is 0 Å². The van der Waals surface area contributed by atoms with Gasteiger partial charge in [-0.1, -0.05) is 6.42 Å². The summed E-state index contributed by atoms with van der Waals surface area (Å²) in [7, 11) is 0. The molecule has 1 aliphatic carbocycles. The third kappa shape index (κ3) is 1.76. The van der Waals surface area contributed by atoms with E-state index in [1.54, 1.807) is 6.92 Å². The number of alkyl halides is 1. The lowest BCUT2D eigenvalue weighted by Gasteiger charge is -2.42. The Morgan fingerprint density at radius 1 is 1.67 bits per heavy atom. The number of rotatable bonds is 2. The van der Waals surface area contributed by atoms with Crippen LogP contribution in [0.2, 0.25) is 0 Å². The van der Waals surface area contributed by atoms with Gasteiger partial charge in [0.2, 0.25) is 5.91 Å². The standard InChI is InChI=1S/C11H18ClNO2/c1-8(12)10(15)13-5-9(6-14)11(7-13)3-2-4-11/h8-9,14H,2-7H2,1H3/t8-,9+/m1/s1. The Balaban J connectivity index is 2.05. The molecular formula is C11H18ClNO2. The molecule has 1 saturated carbocycles. The molecule has 0 aromatic carbocycles. The van der Waals surface area contributed by atoms with Crippen molar-refractivity contribution in [2.45, 2.75) is 31.6 Å². The van der Waals surface area contributed by atoms with Gasteiger partial charge in [0.1, 0.15) is 5.38 Å². The number of aliphatic hydroxyl groups excluding tert-OH is 1. The van der Waals surface area contributed by atoms with Crippen molar-refractivity contribution >= 4 is 17.5 Å². The molecular weight excluding hydrogens is 214 g/mol. The predicted molar refractivity (Wildman–Crippen MR) is 58.8 cm³/mol. The molecule has 1 N–H and O–H groups in total. The summed E-state index contributed by atoms with van der Waals surface area (Å²) in [5.41, 5.74) is 0.218. The van der Waals surface area contributed by atoms with Crippen molar-refractivity contribution in [3.63, 3.8) is 0 Å². The van der Waals surface area contributed by atoms with E-state index in [1.165, 1.54) is 6.42 Å². The van der Waals surface area contributed by atoms with Gasteiger partial charge in [-0.25, -0.2) is 0 Å². The number of carbonyl (C=O) groups excluding carboxylic acids is 1. The van der Waals surface area contributed by atoms with Crippen LogP contribution < -0.4 is 0 Å². The van der Waals surface area contributed by atoms with Crippen LogP contribution in [0, 0.1) is 11.3 Å². The van der Waals surface area contributed by atoms with Crippen molar-refractivity contribution < 1.29 is 9.90 Å². The Hall–Kier alpha value is -0.280. The SMILES string of the molecule is C[C@@H](Cl)C(=O)N1C[C@@H](CO)C2(CCC2)C1. The van der Waals surface area contributed by atoms with E-state index in [0.29, 0.717) is 6.54 Å². The number of carbonyl (C=O) groups is 1. The number of nitrogens with zero attached hydrogens (tertiary/aromatic N) is 1. The van der Waals surface area contributed by atoms with Crippen molar-refractivity contribution in [1.29, 1.82) is 0 Å².